The number of carbonyl (C=O) groups is 1. The standard InChI is InChI=1S/C23H22ClF2N5O4/c1-34-20-7-4-16(12-27-20)29-19-10-14(11-28-21(19)31-9-8-17(32)13-31)22(33)30-15-2-5-18(6-3-15)35-23(24,25)26/h2-7,10-12,17,29,32H,8-9,13H2,1H3,(H,30,33)/t17-/m1/s1. The highest BCUT2D eigenvalue weighted by atomic mass is 35.5. The van der Waals surface area contributed by atoms with Crippen LogP contribution in [0.4, 0.5) is 31.7 Å². The molecule has 9 nitrogen and oxygen atoms in total. The van der Waals surface area contributed by atoms with E-state index in [4.69, 9.17) is 16.3 Å². The number of halogens is 3. The Morgan fingerprint density at radius 1 is 1.17 bits per heavy atom. The fraction of sp³-hybridized carbons (Fsp3) is 0.261. The van der Waals surface area contributed by atoms with Gasteiger partial charge in [-0.05, 0) is 42.8 Å². The van der Waals surface area contributed by atoms with Gasteiger partial charge in [-0.3, -0.25) is 4.79 Å². The highest BCUT2D eigenvalue weighted by Crippen LogP contribution is 2.31. The molecule has 3 aromatic rings. The van der Waals surface area contributed by atoms with Crippen LogP contribution < -0.4 is 25.0 Å². The summed E-state index contributed by atoms with van der Waals surface area (Å²) in [5, 5.41) is 15.9. The van der Waals surface area contributed by atoms with Crippen LogP contribution in [0.15, 0.2) is 54.9 Å². The Morgan fingerprint density at radius 3 is 2.51 bits per heavy atom. The van der Waals surface area contributed by atoms with Crippen LogP contribution in [0.25, 0.3) is 0 Å². The van der Waals surface area contributed by atoms with Gasteiger partial charge in [0.15, 0.2) is 5.82 Å². The number of β-amino-alcohol motifs (C(OH)–C–C–N with tert-alkyl or cyclic N) is 1. The molecule has 1 aromatic carbocycles. The molecule has 1 saturated heterocycles. The lowest BCUT2D eigenvalue weighted by Gasteiger charge is -2.21. The maximum atomic E-state index is 12.9. The number of alkyl halides is 3. The Morgan fingerprint density at radius 2 is 1.91 bits per heavy atom. The van der Waals surface area contributed by atoms with E-state index in [0.717, 1.165) is 0 Å². The number of hydrogen-bond donors (Lipinski definition) is 3. The number of aromatic nitrogens is 2. The second-order valence-corrected chi connectivity index (χ2v) is 8.16. The van der Waals surface area contributed by atoms with E-state index in [1.165, 1.54) is 37.6 Å². The molecule has 0 saturated carbocycles. The molecule has 3 heterocycles. The topological polar surface area (TPSA) is 109 Å². The lowest BCUT2D eigenvalue weighted by atomic mass is 10.2. The molecule has 1 atom stereocenters. The van der Waals surface area contributed by atoms with Crippen molar-refractivity contribution in [1.29, 1.82) is 0 Å². The fourth-order valence-electron chi connectivity index (χ4n) is 3.53. The molecule has 35 heavy (non-hydrogen) atoms. The molecule has 1 amide bonds. The molecule has 3 N–H and O–H groups in total. The third-order valence-corrected chi connectivity index (χ3v) is 5.24. The fourth-order valence-corrected chi connectivity index (χ4v) is 3.62. The van der Waals surface area contributed by atoms with E-state index in [0.29, 0.717) is 48.3 Å². The quantitative estimate of drug-likeness (QED) is 0.390. The van der Waals surface area contributed by atoms with Crippen LogP contribution in [-0.2, 0) is 0 Å². The number of nitrogens with zero attached hydrogens (tertiary/aromatic N) is 3. The number of carbonyl (C=O) groups excluding carboxylic acids is 1. The predicted molar refractivity (Wildman–Crippen MR) is 127 cm³/mol. The van der Waals surface area contributed by atoms with Crippen molar-refractivity contribution in [3.63, 3.8) is 0 Å². The van der Waals surface area contributed by atoms with Crippen molar-refractivity contribution in [2.75, 3.05) is 35.7 Å². The van der Waals surface area contributed by atoms with Crippen LogP contribution in [0.1, 0.15) is 16.8 Å². The molecule has 0 radical (unpaired) electrons. The van der Waals surface area contributed by atoms with Crippen LogP contribution in [0.2, 0.25) is 0 Å². The van der Waals surface area contributed by atoms with E-state index in [2.05, 4.69) is 25.3 Å². The average Bonchev–Trinajstić information content (AvgIpc) is 3.26. The summed E-state index contributed by atoms with van der Waals surface area (Å²) in [6.07, 6.45) is 3.17. The molecule has 0 aliphatic carbocycles. The Hall–Kier alpha value is -3.70. The van der Waals surface area contributed by atoms with Crippen LogP contribution in [-0.4, -0.2) is 52.9 Å². The lowest BCUT2D eigenvalue weighted by Crippen LogP contribution is -2.24. The van der Waals surface area contributed by atoms with Crippen LogP contribution in [0.3, 0.4) is 0 Å². The van der Waals surface area contributed by atoms with E-state index in [-0.39, 0.29) is 11.3 Å². The minimum Gasteiger partial charge on any atom is -0.481 e. The maximum Gasteiger partial charge on any atom is 0.487 e. The number of anilines is 4. The second-order valence-electron chi connectivity index (χ2n) is 7.72. The first kappa shape index (κ1) is 24.4. The Bertz CT molecular complexity index is 1180. The molecule has 0 unspecified atom stereocenters. The third-order valence-electron chi connectivity index (χ3n) is 5.16. The van der Waals surface area contributed by atoms with E-state index >= 15 is 0 Å². The van der Waals surface area contributed by atoms with E-state index < -0.39 is 17.6 Å². The minimum atomic E-state index is -3.83. The van der Waals surface area contributed by atoms with E-state index in [1.807, 2.05) is 4.90 Å². The Balaban J connectivity index is 1.55. The Kier molecular flexibility index (Phi) is 7.17. The summed E-state index contributed by atoms with van der Waals surface area (Å²) in [7, 11) is 1.52. The predicted octanol–water partition coefficient (Wildman–Crippen LogP) is 4.22. The molecule has 184 valence electrons. The summed E-state index contributed by atoms with van der Waals surface area (Å²) in [6.45, 7) is 1.04. The van der Waals surface area contributed by atoms with Crippen LogP contribution in [0, 0.1) is 0 Å². The molecule has 0 spiro atoms. The molecular weight excluding hydrogens is 484 g/mol. The zero-order valence-electron chi connectivity index (χ0n) is 18.5. The summed E-state index contributed by atoms with van der Waals surface area (Å²) in [5.41, 5.74) is -2.01. The first-order chi connectivity index (χ1) is 16.7. The van der Waals surface area contributed by atoms with Crippen molar-refractivity contribution < 1.29 is 28.2 Å². The van der Waals surface area contributed by atoms with E-state index in [1.54, 1.807) is 24.4 Å². The molecular formula is C23H22ClF2N5O4. The molecule has 1 aliphatic rings. The van der Waals surface area contributed by atoms with Gasteiger partial charge in [0.2, 0.25) is 5.88 Å². The zero-order valence-corrected chi connectivity index (χ0v) is 19.3. The summed E-state index contributed by atoms with van der Waals surface area (Å²) < 4.78 is 34.9. The smallest absolute Gasteiger partial charge is 0.481 e. The van der Waals surface area contributed by atoms with Crippen LogP contribution >= 0.6 is 11.6 Å². The number of amides is 1. The number of aliphatic hydroxyl groups is 1. The van der Waals surface area contributed by atoms with Crippen LogP contribution in [0.5, 0.6) is 11.6 Å². The molecule has 0 bridgehead atoms. The summed E-state index contributed by atoms with van der Waals surface area (Å²) in [5.74, 6) is 0.424. The molecule has 1 fully saturated rings. The average molecular weight is 506 g/mol. The minimum absolute atomic E-state index is 0.151. The number of hydrogen-bond acceptors (Lipinski definition) is 8. The largest absolute Gasteiger partial charge is 0.487 e. The van der Waals surface area contributed by atoms with Crippen molar-refractivity contribution in [3.8, 4) is 11.6 Å². The Labute approximate surface area is 204 Å². The van der Waals surface area contributed by atoms with Gasteiger partial charge in [0.05, 0.1) is 36.3 Å². The van der Waals surface area contributed by atoms with Gasteiger partial charge >= 0.3 is 5.57 Å². The van der Waals surface area contributed by atoms with Gasteiger partial charge in [0.1, 0.15) is 5.75 Å². The molecule has 2 aromatic heterocycles. The maximum absolute atomic E-state index is 12.9. The number of benzene rings is 1. The van der Waals surface area contributed by atoms with Crippen molar-refractivity contribution in [2.24, 2.45) is 0 Å². The number of methoxy groups -OCH3 is 1. The summed E-state index contributed by atoms with van der Waals surface area (Å²) >= 11 is 4.76. The molecule has 4 rings (SSSR count). The van der Waals surface area contributed by atoms with Crippen molar-refractivity contribution in [1.82, 2.24) is 9.97 Å². The highest BCUT2D eigenvalue weighted by Gasteiger charge is 2.27. The number of nitrogens with one attached hydrogen (secondary N) is 2. The SMILES string of the molecule is COc1ccc(Nc2cc(C(=O)Nc3ccc(OC(F)(F)Cl)cc3)cnc2N2CC[C@@H](O)C2)cn1. The first-order valence-corrected chi connectivity index (χ1v) is 11.0. The van der Waals surface area contributed by atoms with Gasteiger partial charge in [-0.2, -0.15) is 0 Å². The molecule has 12 heteroatoms. The van der Waals surface area contributed by atoms with Crippen molar-refractivity contribution in [3.05, 3.63) is 60.4 Å². The van der Waals surface area contributed by atoms with Crippen molar-refractivity contribution in [2.45, 2.75) is 18.1 Å². The second kappa shape index (κ2) is 10.3. The monoisotopic (exact) mass is 505 g/mol. The lowest BCUT2D eigenvalue weighted by molar-refractivity contribution is -0.0964. The zero-order chi connectivity index (χ0) is 25.0. The number of rotatable bonds is 8. The molecule has 1 aliphatic heterocycles. The number of pyridine rings is 2. The van der Waals surface area contributed by atoms with E-state index in [9.17, 15) is 18.7 Å². The third kappa shape index (κ3) is 6.46. The number of aliphatic hydroxyl groups excluding tert-OH is 1. The number of ether oxygens (including phenoxy) is 2. The normalized spacial score (nSPS) is 15.6. The highest BCUT2D eigenvalue weighted by molar-refractivity contribution is 6.20. The van der Waals surface area contributed by atoms with Gasteiger partial charge in [-0.15, -0.1) is 8.78 Å². The van der Waals surface area contributed by atoms with Gasteiger partial charge in [-0.25, -0.2) is 9.97 Å². The van der Waals surface area contributed by atoms with Gasteiger partial charge in [0, 0.05) is 42.6 Å². The van der Waals surface area contributed by atoms with Gasteiger partial charge in [-0.1, -0.05) is 0 Å². The summed E-state index contributed by atoms with van der Waals surface area (Å²) in [4.78, 5) is 23.4. The van der Waals surface area contributed by atoms with Gasteiger partial charge in [0.25, 0.3) is 5.91 Å². The first-order valence-electron chi connectivity index (χ1n) is 10.6. The van der Waals surface area contributed by atoms with Crippen molar-refractivity contribution >= 4 is 40.4 Å². The van der Waals surface area contributed by atoms with Gasteiger partial charge < -0.3 is 30.1 Å². The summed E-state index contributed by atoms with van der Waals surface area (Å²) in [6, 6.07) is 10.4.